The van der Waals surface area contributed by atoms with E-state index < -0.39 is 0 Å². The Balaban J connectivity index is 1.95. The second kappa shape index (κ2) is 6.08. The van der Waals surface area contributed by atoms with Gasteiger partial charge in [-0.3, -0.25) is 9.59 Å². The van der Waals surface area contributed by atoms with Gasteiger partial charge in [0.25, 0.3) is 11.5 Å². The molecule has 0 aliphatic carbocycles. The quantitative estimate of drug-likeness (QED) is 0.806. The number of H-pyrrole nitrogens is 1. The molecule has 0 spiro atoms. The number of amides is 1. The van der Waals surface area contributed by atoms with Gasteiger partial charge >= 0.3 is 0 Å². The van der Waals surface area contributed by atoms with Crippen molar-refractivity contribution in [2.75, 3.05) is 7.05 Å². The number of hydrogen-bond acceptors (Lipinski definition) is 2. The van der Waals surface area contributed by atoms with Gasteiger partial charge in [0.2, 0.25) is 0 Å². The molecule has 0 aliphatic rings. The summed E-state index contributed by atoms with van der Waals surface area (Å²) in [5.74, 6) is -0.204. The zero-order chi connectivity index (χ0) is 16.4. The van der Waals surface area contributed by atoms with Crippen molar-refractivity contribution in [2.24, 2.45) is 0 Å². The lowest BCUT2D eigenvalue weighted by Gasteiger charge is -2.25. The summed E-state index contributed by atoms with van der Waals surface area (Å²) < 4.78 is 0. The minimum absolute atomic E-state index is 0.0846. The SMILES string of the molecule is CC(c1ccccc1)N(C)C(=O)c1cc2ccccc2c(=O)[nH]1. The monoisotopic (exact) mass is 306 g/mol. The Morgan fingerprint density at radius 2 is 1.70 bits per heavy atom. The summed E-state index contributed by atoms with van der Waals surface area (Å²) in [6.07, 6.45) is 0. The van der Waals surface area contributed by atoms with Crippen LogP contribution >= 0.6 is 0 Å². The smallest absolute Gasteiger partial charge is 0.270 e. The summed E-state index contributed by atoms with van der Waals surface area (Å²) >= 11 is 0. The minimum atomic E-state index is -0.243. The standard InChI is InChI=1S/C19H18N2O2/c1-13(14-8-4-3-5-9-14)21(2)19(23)17-12-15-10-6-7-11-16(15)18(22)20-17/h3-13H,1-2H3,(H,20,22). The maximum atomic E-state index is 12.7. The van der Waals surface area contributed by atoms with Crippen LogP contribution in [0.5, 0.6) is 0 Å². The fourth-order valence-corrected chi connectivity index (χ4v) is 2.65. The van der Waals surface area contributed by atoms with Crippen molar-refractivity contribution in [2.45, 2.75) is 13.0 Å². The lowest BCUT2D eigenvalue weighted by molar-refractivity contribution is 0.0736. The van der Waals surface area contributed by atoms with Crippen LogP contribution in [-0.2, 0) is 0 Å². The molecule has 0 bridgehead atoms. The third kappa shape index (κ3) is 2.88. The van der Waals surface area contributed by atoms with Gasteiger partial charge in [-0.05, 0) is 30.0 Å². The highest BCUT2D eigenvalue weighted by molar-refractivity contribution is 5.96. The molecule has 1 aromatic heterocycles. The average Bonchev–Trinajstić information content (AvgIpc) is 2.60. The van der Waals surface area contributed by atoms with Gasteiger partial charge in [-0.1, -0.05) is 48.5 Å². The van der Waals surface area contributed by atoms with E-state index in [-0.39, 0.29) is 17.5 Å². The van der Waals surface area contributed by atoms with E-state index in [1.807, 2.05) is 55.5 Å². The molecule has 1 unspecified atom stereocenters. The van der Waals surface area contributed by atoms with E-state index in [0.29, 0.717) is 11.1 Å². The van der Waals surface area contributed by atoms with Crippen molar-refractivity contribution < 1.29 is 4.79 Å². The minimum Gasteiger partial charge on any atom is -0.334 e. The van der Waals surface area contributed by atoms with Gasteiger partial charge < -0.3 is 9.88 Å². The lowest BCUT2D eigenvalue weighted by Crippen LogP contribution is -2.31. The number of fused-ring (bicyclic) bond motifs is 1. The molecule has 3 rings (SSSR count). The second-order valence-electron chi connectivity index (χ2n) is 5.60. The van der Waals surface area contributed by atoms with Crippen LogP contribution in [0.4, 0.5) is 0 Å². The van der Waals surface area contributed by atoms with Crippen LogP contribution in [0.2, 0.25) is 0 Å². The van der Waals surface area contributed by atoms with E-state index in [4.69, 9.17) is 0 Å². The van der Waals surface area contributed by atoms with E-state index >= 15 is 0 Å². The van der Waals surface area contributed by atoms with Gasteiger partial charge in [-0.2, -0.15) is 0 Å². The van der Waals surface area contributed by atoms with Crippen molar-refractivity contribution >= 4 is 16.7 Å². The van der Waals surface area contributed by atoms with E-state index in [9.17, 15) is 9.59 Å². The van der Waals surface area contributed by atoms with Crippen molar-refractivity contribution in [3.05, 3.63) is 82.3 Å². The summed E-state index contributed by atoms with van der Waals surface area (Å²) in [5.41, 5.74) is 1.11. The predicted molar refractivity (Wildman–Crippen MR) is 91.5 cm³/mol. The van der Waals surface area contributed by atoms with Gasteiger partial charge in [-0.15, -0.1) is 0 Å². The summed E-state index contributed by atoms with van der Waals surface area (Å²) in [5, 5.41) is 1.35. The second-order valence-corrected chi connectivity index (χ2v) is 5.60. The molecule has 23 heavy (non-hydrogen) atoms. The van der Waals surface area contributed by atoms with E-state index in [0.717, 1.165) is 10.9 Å². The van der Waals surface area contributed by atoms with Gasteiger partial charge in [0.15, 0.2) is 0 Å². The highest BCUT2D eigenvalue weighted by Crippen LogP contribution is 2.20. The fraction of sp³-hybridized carbons (Fsp3) is 0.158. The number of aromatic amines is 1. The first-order valence-electron chi connectivity index (χ1n) is 7.52. The molecular weight excluding hydrogens is 288 g/mol. The Morgan fingerprint density at radius 3 is 2.43 bits per heavy atom. The molecule has 2 aromatic carbocycles. The van der Waals surface area contributed by atoms with Gasteiger partial charge in [-0.25, -0.2) is 0 Å². The number of nitrogens with zero attached hydrogens (tertiary/aromatic N) is 1. The predicted octanol–water partition coefficient (Wildman–Crippen LogP) is 3.36. The van der Waals surface area contributed by atoms with E-state index in [2.05, 4.69) is 4.98 Å². The molecule has 0 saturated carbocycles. The Kier molecular flexibility index (Phi) is 3.98. The third-order valence-electron chi connectivity index (χ3n) is 4.17. The van der Waals surface area contributed by atoms with E-state index in [1.165, 1.54) is 0 Å². The third-order valence-corrected chi connectivity index (χ3v) is 4.17. The first-order valence-corrected chi connectivity index (χ1v) is 7.52. The molecule has 116 valence electrons. The number of rotatable bonds is 3. The van der Waals surface area contributed by atoms with Crippen LogP contribution in [0.25, 0.3) is 10.8 Å². The Hall–Kier alpha value is -2.88. The number of aromatic nitrogens is 1. The Labute approximate surface area is 134 Å². The van der Waals surface area contributed by atoms with Crippen LogP contribution in [0.3, 0.4) is 0 Å². The van der Waals surface area contributed by atoms with Crippen molar-refractivity contribution in [3.63, 3.8) is 0 Å². The van der Waals surface area contributed by atoms with Crippen LogP contribution in [0, 0.1) is 0 Å². The molecule has 0 fully saturated rings. The molecule has 0 saturated heterocycles. The summed E-state index contributed by atoms with van der Waals surface area (Å²) in [7, 11) is 1.74. The molecule has 0 radical (unpaired) electrons. The molecule has 4 heteroatoms. The molecule has 1 amide bonds. The highest BCUT2D eigenvalue weighted by Gasteiger charge is 2.20. The largest absolute Gasteiger partial charge is 0.334 e. The Morgan fingerprint density at radius 1 is 1.04 bits per heavy atom. The van der Waals surface area contributed by atoms with Crippen LogP contribution < -0.4 is 5.56 Å². The lowest BCUT2D eigenvalue weighted by atomic mass is 10.1. The topological polar surface area (TPSA) is 53.2 Å². The summed E-state index contributed by atoms with van der Waals surface area (Å²) in [4.78, 5) is 29.2. The fourth-order valence-electron chi connectivity index (χ4n) is 2.65. The highest BCUT2D eigenvalue weighted by atomic mass is 16.2. The molecular formula is C19H18N2O2. The molecule has 0 aliphatic heterocycles. The van der Waals surface area contributed by atoms with Gasteiger partial charge in [0.05, 0.1) is 6.04 Å². The Bertz CT molecular complexity index is 900. The molecule has 1 heterocycles. The first-order chi connectivity index (χ1) is 11.1. The number of hydrogen-bond donors (Lipinski definition) is 1. The van der Waals surface area contributed by atoms with Crippen molar-refractivity contribution in [3.8, 4) is 0 Å². The zero-order valence-electron chi connectivity index (χ0n) is 13.1. The average molecular weight is 306 g/mol. The van der Waals surface area contributed by atoms with Gasteiger partial charge in [0, 0.05) is 12.4 Å². The summed E-state index contributed by atoms with van der Waals surface area (Å²) in [6.45, 7) is 1.96. The molecule has 1 atom stereocenters. The maximum Gasteiger partial charge on any atom is 0.270 e. The van der Waals surface area contributed by atoms with Crippen LogP contribution in [0.15, 0.2) is 65.5 Å². The van der Waals surface area contributed by atoms with Crippen molar-refractivity contribution in [1.82, 2.24) is 9.88 Å². The first kappa shape index (κ1) is 15.0. The van der Waals surface area contributed by atoms with Crippen molar-refractivity contribution in [1.29, 1.82) is 0 Å². The number of nitrogens with one attached hydrogen (secondary N) is 1. The van der Waals surface area contributed by atoms with Crippen LogP contribution in [-0.4, -0.2) is 22.8 Å². The van der Waals surface area contributed by atoms with E-state index in [1.54, 1.807) is 24.1 Å². The number of carbonyl (C=O) groups excluding carboxylic acids is 1. The molecule has 4 nitrogen and oxygen atoms in total. The summed E-state index contributed by atoms with van der Waals surface area (Å²) in [6, 6.07) is 18.7. The van der Waals surface area contributed by atoms with Gasteiger partial charge in [0.1, 0.15) is 5.69 Å². The normalized spacial score (nSPS) is 12.1. The number of carbonyl (C=O) groups is 1. The molecule has 1 N–H and O–H groups in total. The molecule has 3 aromatic rings. The number of pyridine rings is 1. The van der Waals surface area contributed by atoms with Crippen LogP contribution in [0.1, 0.15) is 29.0 Å². The maximum absolute atomic E-state index is 12.7. The number of benzene rings is 2. The zero-order valence-corrected chi connectivity index (χ0v) is 13.1.